The average molecular weight is 298 g/mol. The van der Waals surface area contributed by atoms with E-state index < -0.39 is 0 Å². The van der Waals surface area contributed by atoms with Crippen LogP contribution in [0.5, 0.6) is 0 Å². The van der Waals surface area contributed by atoms with E-state index in [0.717, 1.165) is 24.8 Å². The fraction of sp³-hybridized carbons (Fsp3) is 0.375. The molecule has 0 fully saturated rings. The standard InChI is InChI=1S/C16H18N4O2/c1-11(18-15(21)13-5-3-2-4-6-13)16-19-14(20-22-16)12-7-9-17-10-8-12/h2-3,7-11,13H,4-6H2,1H3,(H,18,21)/t11-,13+/m1/s1. The zero-order chi connectivity index (χ0) is 15.4. The van der Waals surface area contributed by atoms with Gasteiger partial charge in [-0.05, 0) is 38.3 Å². The van der Waals surface area contributed by atoms with E-state index in [1.54, 1.807) is 12.4 Å². The van der Waals surface area contributed by atoms with Crippen LogP contribution in [0.2, 0.25) is 0 Å². The van der Waals surface area contributed by atoms with Gasteiger partial charge in [0.2, 0.25) is 17.6 Å². The number of nitrogens with zero attached hydrogens (tertiary/aromatic N) is 3. The number of hydrogen-bond acceptors (Lipinski definition) is 5. The number of aromatic nitrogens is 3. The summed E-state index contributed by atoms with van der Waals surface area (Å²) in [5, 5.41) is 6.90. The highest BCUT2D eigenvalue weighted by molar-refractivity contribution is 5.79. The second-order valence-electron chi connectivity index (χ2n) is 5.40. The molecule has 0 saturated carbocycles. The Morgan fingerprint density at radius 1 is 1.36 bits per heavy atom. The predicted octanol–water partition coefficient (Wildman–Crippen LogP) is 2.67. The highest BCUT2D eigenvalue weighted by atomic mass is 16.5. The minimum atomic E-state index is -0.304. The number of hydrogen-bond donors (Lipinski definition) is 1. The van der Waals surface area contributed by atoms with Crippen molar-refractivity contribution in [1.82, 2.24) is 20.4 Å². The van der Waals surface area contributed by atoms with E-state index in [1.165, 1.54) is 0 Å². The van der Waals surface area contributed by atoms with Crippen molar-refractivity contribution >= 4 is 5.91 Å². The molecule has 114 valence electrons. The number of nitrogens with one attached hydrogen (secondary N) is 1. The summed E-state index contributed by atoms with van der Waals surface area (Å²) in [5.41, 5.74) is 0.834. The van der Waals surface area contributed by atoms with Gasteiger partial charge < -0.3 is 9.84 Å². The van der Waals surface area contributed by atoms with Gasteiger partial charge in [-0.3, -0.25) is 9.78 Å². The molecule has 1 aliphatic rings. The molecule has 3 rings (SSSR count). The molecule has 2 atom stereocenters. The maximum Gasteiger partial charge on any atom is 0.249 e. The number of rotatable bonds is 4. The van der Waals surface area contributed by atoms with Crippen LogP contribution in [0.1, 0.15) is 38.1 Å². The monoisotopic (exact) mass is 298 g/mol. The zero-order valence-corrected chi connectivity index (χ0v) is 12.4. The Balaban J connectivity index is 1.65. The molecule has 0 aliphatic heterocycles. The van der Waals surface area contributed by atoms with Gasteiger partial charge in [-0.1, -0.05) is 17.3 Å². The first-order valence-corrected chi connectivity index (χ1v) is 7.43. The number of amides is 1. The highest BCUT2D eigenvalue weighted by Gasteiger charge is 2.23. The van der Waals surface area contributed by atoms with E-state index in [4.69, 9.17) is 4.52 Å². The van der Waals surface area contributed by atoms with Gasteiger partial charge in [0.05, 0.1) is 0 Å². The number of pyridine rings is 1. The lowest BCUT2D eigenvalue weighted by Gasteiger charge is -2.19. The molecule has 0 aromatic carbocycles. The third-order valence-corrected chi connectivity index (χ3v) is 3.75. The Labute approximate surface area is 128 Å². The van der Waals surface area contributed by atoms with Crippen LogP contribution in [0.15, 0.2) is 41.2 Å². The van der Waals surface area contributed by atoms with Gasteiger partial charge in [-0.2, -0.15) is 4.98 Å². The summed E-state index contributed by atoms with van der Waals surface area (Å²) in [6, 6.07) is 3.32. The van der Waals surface area contributed by atoms with Gasteiger partial charge in [0.15, 0.2) is 0 Å². The zero-order valence-electron chi connectivity index (χ0n) is 12.4. The Kier molecular flexibility index (Phi) is 4.27. The molecule has 0 radical (unpaired) electrons. The molecule has 0 bridgehead atoms. The summed E-state index contributed by atoms with van der Waals surface area (Å²) in [4.78, 5) is 20.5. The molecule has 1 amide bonds. The molecule has 0 saturated heterocycles. The van der Waals surface area contributed by atoms with Gasteiger partial charge in [0, 0.05) is 23.9 Å². The summed E-state index contributed by atoms with van der Waals surface area (Å²) in [7, 11) is 0. The normalized spacial score (nSPS) is 18.9. The minimum Gasteiger partial charge on any atom is -0.344 e. The van der Waals surface area contributed by atoms with E-state index in [1.807, 2.05) is 19.1 Å². The summed E-state index contributed by atoms with van der Waals surface area (Å²) < 4.78 is 5.26. The maximum atomic E-state index is 12.2. The van der Waals surface area contributed by atoms with Crippen molar-refractivity contribution in [2.45, 2.75) is 32.2 Å². The number of carbonyl (C=O) groups excluding carboxylic acids is 1. The minimum absolute atomic E-state index is 0.0371. The lowest BCUT2D eigenvalue weighted by atomic mass is 9.93. The van der Waals surface area contributed by atoms with Crippen molar-refractivity contribution in [3.63, 3.8) is 0 Å². The predicted molar refractivity (Wildman–Crippen MR) is 80.6 cm³/mol. The van der Waals surface area contributed by atoms with Crippen molar-refractivity contribution in [1.29, 1.82) is 0 Å². The largest absolute Gasteiger partial charge is 0.344 e. The van der Waals surface area contributed by atoms with E-state index in [9.17, 15) is 4.79 Å². The van der Waals surface area contributed by atoms with Crippen LogP contribution in [0.3, 0.4) is 0 Å². The van der Waals surface area contributed by atoms with E-state index >= 15 is 0 Å². The fourth-order valence-electron chi connectivity index (χ4n) is 2.45. The van der Waals surface area contributed by atoms with Gasteiger partial charge in [0.25, 0.3) is 0 Å². The van der Waals surface area contributed by atoms with Crippen molar-refractivity contribution in [3.05, 3.63) is 42.6 Å². The van der Waals surface area contributed by atoms with Crippen molar-refractivity contribution in [2.75, 3.05) is 0 Å². The number of carbonyl (C=O) groups is 1. The summed E-state index contributed by atoms with van der Waals surface area (Å²) in [6.45, 7) is 1.85. The Morgan fingerprint density at radius 3 is 2.91 bits per heavy atom. The van der Waals surface area contributed by atoms with Crippen molar-refractivity contribution in [2.24, 2.45) is 5.92 Å². The van der Waals surface area contributed by atoms with Crippen LogP contribution in [-0.2, 0) is 4.79 Å². The molecule has 0 spiro atoms. The molecule has 0 unspecified atom stereocenters. The first kappa shape index (κ1) is 14.4. The second-order valence-corrected chi connectivity index (χ2v) is 5.40. The summed E-state index contributed by atoms with van der Waals surface area (Å²) in [6.07, 6.45) is 10.2. The Bertz CT molecular complexity index is 666. The van der Waals surface area contributed by atoms with Gasteiger partial charge in [-0.15, -0.1) is 0 Å². The molecule has 2 aromatic heterocycles. The van der Waals surface area contributed by atoms with E-state index in [-0.39, 0.29) is 17.9 Å². The van der Waals surface area contributed by atoms with Crippen LogP contribution in [0.4, 0.5) is 0 Å². The first-order valence-electron chi connectivity index (χ1n) is 7.43. The first-order chi connectivity index (χ1) is 10.7. The lowest BCUT2D eigenvalue weighted by molar-refractivity contribution is -0.126. The molecule has 2 heterocycles. The molecule has 6 nitrogen and oxygen atoms in total. The van der Waals surface area contributed by atoms with Crippen LogP contribution >= 0.6 is 0 Å². The molecular formula is C16H18N4O2. The molecule has 22 heavy (non-hydrogen) atoms. The molecular weight excluding hydrogens is 280 g/mol. The van der Waals surface area contributed by atoms with E-state index in [0.29, 0.717) is 11.7 Å². The van der Waals surface area contributed by atoms with Crippen LogP contribution in [-0.4, -0.2) is 21.0 Å². The van der Waals surface area contributed by atoms with Crippen molar-refractivity contribution < 1.29 is 9.32 Å². The van der Waals surface area contributed by atoms with Crippen LogP contribution < -0.4 is 5.32 Å². The molecule has 1 N–H and O–H groups in total. The molecule has 2 aromatic rings. The average Bonchev–Trinajstić information content (AvgIpc) is 3.06. The summed E-state index contributed by atoms with van der Waals surface area (Å²) >= 11 is 0. The van der Waals surface area contributed by atoms with Crippen molar-refractivity contribution in [3.8, 4) is 11.4 Å². The molecule has 6 heteroatoms. The lowest BCUT2D eigenvalue weighted by Crippen LogP contribution is -2.33. The second kappa shape index (κ2) is 6.51. The molecule has 1 aliphatic carbocycles. The fourth-order valence-corrected chi connectivity index (χ4v) is 2.45. The SMILES string of the molecule is C[C@@H](NC(=O)[C@H]1CC=CCC1)c1nc(-c2ccncc2)no1. The Morgan fingerprint density at radius 2 is 2.18 bits per heavy atom. The van der Waals surface area contributed by atoms with Gasteiger partial charge >= 0.3 is 0 Å². The topological polar surface area (TPSA) is 80.9 Å². The highest BCUT2D eigenvalue weighted by Crippen LogP contribution is 2.21. The van der Waals surface area contributed by atoms with Gasteiger partial charge in [0.1, 0.15) is 6.04 Å². The Hall–Kier alpha value is -2.50. The maximum absolute atomic E-state index is 12.2. The smallest absolute Gasteiger partial charge is 0.249 e. The van der Waals surface area contributed by atoms with E-state index in [2.05, 4.69) is 32.6 Å². The third-order valence-electron chi connectivity index (χ3n) is 3.75. The van der Waals surface area contributed by atoms with Gasteiger partial charge in [-0.25, -0.2) is 0 Å². The van der Waals surface area contributed by atoms with Crippen LogP contribution in [0.25, 0.3) is 11.4 Å². The summed E-state index contributed by atoms with van der Waals surface area (Å²) in [5.74, 6) is 0.987. The quantitative estimate of drug-likeness (QED) is 0.878. The third kappa shape index (κ3) is 3.21. The number of allylic oxidation sites excluding steroid dienone is 2. The van der Waals surface area contributed by atoms with Crippen LogP contribution in [0, 0.1) is 5.92 Å².